The van der Waals surface area contributed by atoms with Gasteiger partial charge in [-0.1, -0.05) is 24.3 Å². The standard InChI is InChI=1S/C9H7NO.C6H6O3/c11-9-8-4-2-1-3-7(8)5-6-10-9;7-4-2-1-3-5(8)6(4)9/h1-6H,(H,10,11);1-3,7-9H. The third-order valence-electron chi connectivity index (χ3n) is 2.65. The molecule has 0 amide bonds. The van der Waals surface area contributed by atoms with E-state index < -0.39 is 5.75 Å². The van der Waals surface area contributed by atoms with Gasteiger partial charge in [0, 0.05) is 11.6 Å². The Balaban J connectivity index is 0.000000151. The zero-order chi connectivity index (χ0) is 14.5. The van der Waals surface area contributed by atoms with Crippen molar-refractivity contribution in [3.63, 3.8) is 0 Å². The number of phenols is 3. The molecule has 1 aromatic heterocycles. The molecule has 0 radical (unpaired) electrons. The largest absolute Gasteiger partial charge is 0.504 e. The summed E-state index contributed by atoms with van der Waals surface area (Å²) in [6.07, 6.45) is 1.59. The van der Waals surface area contributed by atoms with Crippen LogP contribution in [0.4, 0.5) is 0 Å². The second kappa shape index (κ2) is 5.79. The number of aromatic nitrogens is 1. The van der Waals surface area contributed by atoms with Gasteiger partial charge in [0.15, 0.2) is 17.2 Å². The highest BCUT2D eigenvalue weighted by molar-refractivity contribution is 5.86. The lowest BCUT2D eigenvalue weighted by Gasteiger charge is -1.96. The lowest BCUT2D eigenvalue weighted by Crippen LogP contribution is -1.75. The van der Waals surface area contributed by atoms with Crippen molar-refractivity contribution in [3.05, 3.63) is 54.7 Å². The molecule has 0 unspecified atom stereocenters. The van der Waals surface area contributed by atoms with Crippen LogP contribution >= 0.6 is 0 Å². The van der Waals surface area contributed by atoms with Crippen LogP contribution in [0.1, 0.15) is 0 Å². The van der Waals surface area contributed by atoms with Crippen LogP contribution in [0.2, 0.25) is 0 Å². The molecule has 0 fully saturated rings. The molecule has 0 aliphatic carbocycles. The Morgan fingerprint density at radius 2 is 1.35 bits per heavy atom. The third kappa shape index (κ3) is 2.89. The molecule has 0 saturated carbocycles. The molecule has 3 aromatic rings. The Morgan fingerprint density at radius 3 is 1.95 bits per heavy atom. The first-order valence-corrected chi connectivity index (χ1v) is 5.82. The quantitative estimate of drug-likeness (QED) is 0.472. The van der Waals surface area contributed by atoms with E-state index in [1.165, 1.54) is 18.2 Å². The van der Waals surface area contributed by atoms with Crippen molar-refractivity contribution in [1.82, 2.24) is 4.98 Å². The fourth-order valence-corrected chi connectivity index (χ4v) is 1.62. The summed E-state index contributed by atoms with van der Waals surface area (Å²) in [7, 11) is 0. The van der Waals surface area contributed by atoms with E-state index in [1.54, 1.807) is 6.20 Å². The average Bonchev–Trinajstić information content (AvgIpc) is 2.46. The molecular formula is C15H13NO4. The fourth-order valence-electron chi connectivity index (χ4n) is 1.62. The minimum Gasteiger partial charge on any atom is -0.504 e. The van der Waals surface area contributed by atoms with Crippen molar-refractivity contribution in [3.8, 4) is 23.1 Å². The van der Waals surface area contributed by atoms with Crippen LogP contribution in [0.3, 0.4) is 0 Å². The number of rotatable bonds is 0. The number of pyridine rings is 1. The minimum atomic E-state index is -0.475. The Labute approximate surface area is 115 Å². The number of aromatic hydroxyl groups is 4. The molecule has 0 aliphatic heterocycles. The number of para-hydroxylation sites is 1. The molecule has 1 heterocycles. The van der Waals surface area contributed by atoms with Gasteiger partial charge >= 0.3 is 0 Å². The zero-order valence-corrected chi connectivity index (χ0v) is 10.4. The SMILES string of the molecule is Oc1cccc(O)c1O.Oc1nccc2ccccc12. The topological polar surface area (TPSA) is 93.8 Å². The van der Waals surface area contributed by atoms with Gasteiger partial charge in [0.05, 0.1) is 0 Å². The summed E-state index contributed by atoms with van der Waals surface area (Å²) in [4.78, 5) is 3.76. The van der Waals surface area contributed by atoms with Crippen LogP contribution in [0.25, 0.3) is 10.8 Å². The predicted molar refractivity (Wildman–Crippen MR) is 74.8 cm³/mol. The molecule has 0 spiro atoms. The van der Waals surface area contributed by atoms with Crippen molar-refractivity contribution in [2.45, 2.75) is 0 Å². The van der Waals surface area contributed by atoms with Crippen LogP contribution in [0, 0.1) is 0 Å². The third-order valence-corrected chi connectivity index (χ3v) is 2.65. The molecule has 0 atom stereocenters. The number of fused-ring (bicyclic) bond motifs is 1. The van der Waals surface area contributed by atoms with Gasteiger partial charge in [-0.2, -0.15) is 0 Å². The first kappa shape index (κ1) is 13.5. The first-order valence-electron chi connectivity index (χ1n) is 5.82. The van der Waals surface area contributed by atoms with Crippen molar-refractivity contribution < 1.29 is 20.4 Å². The molecule has 0 aliphatic rings. The average molecular weight is 271 g/mol. The molecule has 5 heteroatoms. The van der Waals surface area contributed by atoms with Gasteiger partial charge in [0.2, 0.25) is 5.88 Å². The number of hydrogen-bond donors (Lipinski definition) is 4. The van der Waals surface area contributed by atoms with Crippen LogP contribution in [-0.2, 0) is 0 Å². The molecule has 4 N–H and O–H groups in total. The maximum atomic E-state index is 9.26. The Kier molecular flexibility index (Phi) is 3.91. The van der Waals surface area contributed by atoms with Crippen molar-refractivity contribution in [1.29, 1.82) is 0 Å². The first-order chi connectivity index (χ1) is 9.59. The number of nitrogens with zero attached hydrogens (tertiary/aromatic N) is 1. The molecule has 0 saturated heterocycles. The van der Waals surface area contributed by atoms with Gasteiger partial charge in [0.25, 0.3) is 0 Å². The van der Waals surface area contributed by atoms with Crippen LogP contribution in [-0.4, -0.2) is 25.4 Å². The maximum Gasteiger partial charge on any atom is 0.218 e. The van der Waals surface area contributed by atoms with Gasteiger partial charge in [-0.3, -0.25) is 0 Å². The van der Waals surface area contributed by atoms with E-state index in [4.69, 9.17) is 15.3 Å². The highest BCUT2D eigenvalue weighted by atomic mass is 16.3. The van der Waals surface area contributed by atoms with E-state index in [9.17, 15) is 5.11 Å². The molecule has 3 rings (SSSR count). The molecular weight excluding hydrogens is 258 g/mol. The summed E-state index contributed by atoms with van der Waals surface area (Å²) in [6, 6.07) is 13.5. The summed E-state index contributed by atoms with van der Waals surface area (Å²) < 4.78 is 0. The highest BCUT2D eigenvalue weighted by Gasteiger charge is 2.01. The Bertz CT molecular complexity index is 702. The fraction of sp³-hybridized carbons (Fsp3) is 0. The molecule has 2 aromatic carbocycles. The summed E-state index contributed by atoms with van der Waals surface area (Å²) in [5, 5.41) is 37.2. The lowest BCUT2D eigenvalue weighted by molar-refractivity contribution is 0.368. The molecule has 20 heavy (non-hydrogen) atoms. The summed E-state index contributed by atoms with van der Waals surface area (Å²) >= 11 is 0. The normalized spacial score (nSPS) is 9.80. The van der Waals surface area contributed by atoms with E-state index in [-0.39, 0.29) is 17.4 Å². The Morgan fingerprint density at radius 1 is 0.700 bits per heavy atom. The molecule has 0 bridgehead atoms. The van der Waals surface area contributed by atoms with Crippen molar-refractivity contribution in [2.24, 2.45) is 0 Å². The van der Waals surface area contributed by atoms with E-state index in [0.29, 0.717) is 0 Å². The second-order valence-corrected chi connectivity index (χ2v) is 4.00. The summed E-state index contributed by atoms with van der Waals surface area (Å²) in [6.45, 7) is 0. The summed E-state index contributed by atoms with van der Waals surface area (Å²) in [5.41, 5.74) is 0. The van der Waals surface area contributed by atoms with E-state index in [1.807, 2.05) is 30.3 Å². The number of benzene rings is 2. The number of hydrogen-bond acceptors (Lipinski definition) is 5. The summed E-state index contributed by atoms with van der Waals surface area (Å²) in [5.74, 6) is -0.995. The van der Waals surface area contributed by atoms with Crippen molar-refractivity contribution >= 4 is 10.8 Å². The van der Waals surface area contributed by atoms with Gasteiger partial charge in [-0.15, -0.1) is 0 Å². The second-order valence-electron chi connectivity index (χ2n) is 4.00. The van der Waals surface area contributed by atoms with Gasteiger partial charge in [0.1, 0.15) is 0 Å². The Hall–Kier alpha value is -2.95. The van der Waals surface area contributed by atoms with Gasteiger partial charge in [-0.05, 0) is 29.7 Å². The monoisotopic (exact) mass is 271 g/mol. The predicted octanol–water partition coefficient (Wildman–Crippen LogP) is 2.74. The molecule has 5 nitrogen and oxygen atoms in total. The van der Waals surface area contributed by atoms with E-state index in [2.05, 4.69) is 4.98 Å². The van der Waals surface area contributed by atoms with E-state index >= 15 is 0 Å². The van der Waals surface area contributed by atoms with E-state index in [0.717, 1.165) is 10.8 Å². The zero-order valence-electron chi connectivity index (χ0n) is 10.4. The highest BCUT2D eigenvalue weighted by Crippen LogP contribution is 2.32. The smallest absolute Gasteiger partial charge is 0.218 e. The van der Waals surface area contributed by atoms with Crippen LogP contribution in [0.15, 0.2) is 54.7 Å². The number of phenolic OH excluding ortho intramolecular Hbond substituents is 3. The van der Waals surface area contributed by atoms with Gasteiger partial charge < -0.3 is 20.4 Å². The van der Waals surface area contributed by atoms with Crippen molar-refractivity contribution in [2.75, 3.05) is 0 Å². The van der Waals surface area contributed by atoms with Crippen LogP contribution in [0.5, 0.6) is 23.1 Å². The molecule has 102 valence electrons. The van der Waals surface area contributed by atoms with Crippen LogP contribution < -0.4 is 0 Å². The lowest BCUT2D eigenvalue weighted by atomic mass is 10.2. The van der Waals surface area contributed by atoms with Gasteiger partial charge in [-0.25, -0.2) is 4.98 Å². The maximum absolute atomic E-state index is 9.26. The minimum absolute atomic E-state index is 0.100.